The molecule has 1 aliphatic heterocycles. The lowest BCUT2D eigenvalue weighted by atomic mass is 9.97. The Morgan fingerprint density at radius 1 is 0.812 bits per heavy atom. The van der Waals surface area contributed by atoms with Gasteiger partial charge in [-0.3, -0.25) is 14.4 Å². The molecular weight excluding hydrogens is 430 g/mol. The number of hydrogen-bond donors (Lipinski definition) is 1. The van der Waals surface area contributed by atoms with E-state index in [4.69, 9.17) is 29.4 Å². The summed E-state index contributed by atoms with van der Waals surface area (Å²) in [6.45, 7) is 4.31. The topological polar surface area (TPSA) is 167 Å². The van der Waals surface area contributed by atoms with E-state index in [1.54, 1.807) is 20.8 Å². The van der Waals surface area contributed by atoms with E-state index in [0.717, 1.165) is 19.3 Å². The zero-order chi connectivity index (χ0) is 24.3. The third kappa shape index (κ3) is 8.27. The lowest BCUT2D eigenvalue weighted by Gasteiger charge is -2.43. The molecule has 1 rings (SSSR count). The number of hydrogen-bond acceptors (Lipinski definition) is 12. The van der Waals surface area contributed by atoms with Crippen LogP contribution in [0.5, 0.6) is 0 Å². The van der Waals surface area contributed by atoms with Crippen molar-refractivity contribution in [2.75, 3.05) is 13.7 Å². The van der Waals surface area contributed by atoms with Crippen molar-refractivity contribution >= 4 is 29.8 Å². The fourth-order valence-corrected chi connectivity index (χ4v) is 2.56. The van der Waals surface area contributed by atoms with Gasteiger partial charge in [0.05, 0.1) is 7.11 Å². The molecule has 0 saturated carbocycles. The highest BCUT2D eigenvalue weighted by molar-refractivity contribution is 5.91. The van der Waals surface area contributed by atoms with Crippen LogP contribution in [0.25, 0.3) is 0 Å². The van der Waals surface area contributed by atoms with Crippen LogP contribution in [0.1, 0.15) is 40.0 Å². The lowest BCUT2D eigenvalue weighted by Crippen LogP contribution is -2.65. The van der Waals surface area contributed by atoms with E-state index in [1.165, 1.54) is 0 Å². The molecule has 1 fully saturated rings. The van der Waals surface area contributed by atoms with Crippen molar-refractivity contribution in [3.8, 4) is 0 Å². The van der Waals surface area contributed by atoms with Crippen molar-refractivity contribution in [1.29, 1.82) is 0 Å². The smallest absolute Gasteiger partial charge is 0.333 e. The number of nitrogens with two attached hydrogens (primary N) is 1. The summed E-state index contributed by atoms with van der Waals surface area (Å²) in [7, 11) is 1.13. The summed E-state index contributed by atoms with van der Waals surface area (Å²) in [5.74, 6) is -3.62. The van der Waals surface area contributed by atoms with E-state index in [0.29, 0.717) is 0 Å². The van der Waals surface area contributed by atoms with Crippen LogP contribution in [0.15, 0.2) is 12.2 Å². The molecule has 0 unspecified atom stereocenters. The maximum Gasteiger partial charge on any atom is 0.333 e. The largest absolute Gasteiger partial charge is 0.466 e. The van der Waals surface area contributed by atoms with Crippen molar-refractivity contribution in [3.05, 3.63) is 12.2 Å². The highest BCUT2D eigenvalue weighted by Crippen LogP contribution is 2.27. The number of carbonyl (C=O) groups excluding carboxylic acids is 5. The van der Waals surface area contributed by atoms with Gasteiger partial charge in [-0.15, -0.1) is 0 Å². The Labute approximate surface area is 185 Å². The van der Waals surface area contributed by atoms with Crippen LogP contribution in [-0.4, -0.2) is 74.2 Å². The second-order valence-electron chi connectivity index (χ2n) is 6.57. The van der Waals surface area contributed by atoms with E-state index in [-0.39, 0.29) is 25.9 Å². The van der Waals surface area contributed by atoms with Crippen LogP contribution in [0.4, 0.5) is 0 Å². The Kier molecular flexibility index (Phi) is 11.3. The van der Waals surface area contributed by atoms with Gasteiger partial charge < -0.3 is 34.2 Å². The molecule has 12 heteroatoms. The Morgan fingerprint density at radius 3 is 1.88 bits per heavy atom. The highest BCUT2D eigenvalue weighted by Gasteiger charge is 2.50. The fraction of sp³-hybridized carbons (Fsp3) is 0.650. The van der Waals surface area contributed by atoms with Crippen LogP contribution >= 0.6 is 0 Å². The van der Waals surface area contributed by atoms with Gasteiger partial charge in [-0.2, -0.15) is 0 Å². The minimum Gasteiger partial charge on any atom is -0.466 e. The molecule has 0 spiro atoms. The van der Waals surface area contributed by atoms with Gasteiger partial charge in [0.25, 0.3) is 0 Å². The lowest BCUT2D eigenvalue weighted by molar-refractivity contribution is -0.267. The van der Waals surface area contributed by atoms with Gasteiger partial charge in [0, 0.05) is 31.4 Å². The monoisotopic (exact) mass is 459 g/mol. The van der Waals surface area contributed by atoms with Crippen molar-refractivity contribution in [2.45, 2.75) is 70.7 Å². The number of ether oxygens (including phenoxy) is 6. The molecule has 0 amide bonds. The summed E-state index contributed by atoms with van der Waals surface area (Å²) in [5.41, 5.74) is 6.11. The molecule has 32 heavy (non-hydrogen) atoms. The Bertz CT molecular complexity index is 720. The molecule has 2 N–H and O–H groups in total. The first-order valence-corrected chi connectivity index (χ1v) is 10.1. The van der Waals surface area contributed by atoms with Gasteiger partial charge in [-0.1, -0.05) is 20.8 Å². The fourth-order valence-electron chi connectivity index (χ4n) is 2.56. The van der Waals surface area contributed by atoms with Crippen LogP contribution in [0.2, 0.25) is 0 Å². The molecule has 0 aromatic carbocycles. The van der Waals surface area contributed by atoms with Crippen molar-refractivity contribution in [1.82, 2.24) is 0 Å². The summed E-state index contributed by atoms with van der Waals surface area (Å²) < 4.78 is 31.0. The Balaban J connectivity index is 3.16. The van der Waals surface area contributed by atoms with Crippen LogP contribution in [-0.2, 0) is 52.4 Å². The molecule has 5 atom stereocenters. The molecule has 0 bridgehead atoms. The van der Waals surface area contributed by atoms with E-state index < -0.39 is 60.5 Å². The number of methoxy groups -OCH3 is 1. The average molecular weight is 459 g/mol. The Morgan fingerprint density at radius 2 is 1.34 bits per heavy atom. The van der Waals surface area contributed by atoms with E-state index in [2.05, 4.69) is 4.74 Å². The summed E-state index contributed by atoms with van der Waals surface area (Å²) in [6, 6.07) is -1.26. The minimum atomic E-state index is -1.47. The summed E-state index contributed by atoms with van der Waals surface area (Å²) >= 11 is 0. The maximum absolute atomic E-state index is 12.1. The molecule has 12 nitrogen and oxygen atoms in total. The zero-order valence-corrected chi connectivity index (χ0v) is 18.4. The standard InChI is InChI=1S/C20H29NO11/c1-5-12(22)28-10-11-18(30-13(23)6-2)19(31-14(24)7-3)17(21)20(29-11)32-16(26)9-8-15(25)27-4/h8-9,11,17-20H,5-7,10,21H2,1-4H3/b9-8+/t11-,17-,18-,19-,20+/m1/s1. The van der Waals surface area contributed by atoms with Crippen LogP contribution < -0.4 is 5.73 Å². The molecule has 1 saturated heterocycles. The molecule has 0 aromatic heterocycles. The van der Waals surface area contributed by atoms with Crippen LogP contribution in [0.3, 0.4) is 0 Å². The molecule has 0 aromatic rings. The van der Waals surface area contributed by atoms with Gasteiger partial charge in [0.1, 0.15) is 18.8 Å². The summed E-state index contributed by atoms with van der Waals surface area (Å²) in [4.78, 5) is 58.8. The zero-order valence-electron chi connectivity index (χ0n) is 18.4. The van der Waals surface area contributed by atoms with Gasteiger partial charge in [0.2, 0.25) is 6.29 Å². The highest BCUT2D eigenvalue weighted by atomic mass is 16.7. The predicted molar refractivity (Wildman–Crippen MR) is 105 cm³/mol. The predicted octanol–water partition coefficient (Wildman–Crippen LogP) is -0.0922. The summed E-state index contributed by atoms with van der Waals surface area (Å²) in [6.07, 6.45) is -3.39. The van der Waals surface area contributed by atoms with Crippen molar-refractivity contribution in [3.63, 3.8) is 0 Å². The molecule has 0 aliphatic carbocycles. The van der Waals surface area contributed by atoms with Gasteiger partial charge in [-0.25, -0.2) is 9.59 Å². The maximum atomic E-state index is 12.1. The number of rotatable bonds is 10. The van der Waals surface area contributed by atoms with Crippen molar-refractivity contribution in [2.24, 2.45) is 5.73 Å². The van der Waals surface area contributed by atoms with Gasteiger partial charge in [-0.05, 0) is 0 Å². The quantitative estimate of drug-likeness (QED) is 0.262. The molecule has 0 radical (unpaired) electrons. The number of carbonyl (C=O) groups is 5. The summed E-state index contributed by atoms with van der Waals surface area (Å²) in [5, 5.41) is 0. The van der Waals surface area contributed by atoms with E-state index in [9.17, 15) is 24.0 Å². The van der Waals surface area contributed by atoms with Crippen LogP contribution in [0, 0.1) is 0 Å². The second-order valence-corrected chi connectivity index (χ2v) is 6.57. The molecule has 180 valence electrons. The third-order valence-corrected chi connectivity index (χ3v) is 4.29. The normalized spacial score (nSPS) is 25.0. The first-order chi connectivity index (χ1) is 15.2. The third-order valence-electron chi connectivity index (χ3n) is 4.29. The first-order valence-electron chi connectivity index (χ1n) is 10.1. The number of esters is 5. The van der Waals surface area contributed by atoms with Crippen molar-refractivity contribution < 1.29 is 52.4 Å². The Hall–Kier alpha value is -2.99. The first kappa shape index (κ1) is 27.0. The van der Waals surface area contributed by atoms with E-state index in [1.807, 2.05) is 0 Å². The molecule has 1 aliphatic rings. The molecule has 1 heterocycles. The minimum absolute atomic E-state index is 0.000327. The van der Waals surface area contributed by atoms with E-state index >= 15 is 0 Å². The average Bonchev–Trinajstić information content (AvgIpc) is 2.79. The SMILES string of the molecule is CCC(=O)OC[C@H]1O[C@@H](OC(=O)/C=C/C(=O)OC)[C@H](N)[C@@H](OC(=O)CC)[C@@H]1OC(=O)CC. The molecular formula is C20H29NO11. The second kappa shape index (κ2) is 13.4. The van der Waals surface area contributed by atoms with Gasteiger partial charge in [0.15, 0.2) is 12.2 Å². The van der Waals surface area contributed by atoms with Gasteiger partial charge >= 0.3 is 29.8 Å².